The van der Waals surface area contributed by atoms with Crippen molar-refractivity contribution >= 4 is 28.2 Å². The van der Waals surface area contributed by atoms with Gasteiger partial charge in [0.2, 0.25) is 0 Å². The summed E-state index contributed by atoms with van der Waals surface area (Å²) in [5.41, 5.74) is 0. The fraction of sp³-hybridized carbons (Fsp3) is 0.333. The minimum atomic E-state index is -2.19. The zero-order valence-corrected chi connectivity index (χ0v) is 5.37. The van der Waals surface area contributed by atoms with Crippen LogP contribution < -0.4 is 10.2 Å². The third-order valence-corrected chi connectivity index (χ3v) is 0.167. The maximum absolute atomic E-state index is 8.93. The first-order valence-electron chi connectivity index (χ1n) is 1.64. The molecule has 0 N–H and O–H groups in total. The minimum absolute atomic E-state index is 1.92. The molecule has 0 rings (SSSR count). The molecule has 4 nitrogen and oxygen atoms in total. The number of hydrogen-bond acceptors (Lipinski definition) is 4. The van der Waals surface area contributed by atoms with Crippen molar-refractivity contribution in [2.24, 2.45) is 0 Å². The summed E-state index contributed by atoms with van der Waals surface area (Å²) >= 11 is 2.42. The Morgan fingerprint density at radius 1 is 1.12 bits per heavy atom. The predicted molar refractivity (Wildman–Crippen MR) is 21.6 cm³/mol. The van der Waals surface area contributed by atoms with Crippen molar-refractivity contribution in [2.45, 2.75) is 5.79 Å². The van der Waals surface area contributed by atoms with E-state index in [2.05, 4.69) is 16.3 Å². The molecular formula is C3H3AlO4. The number of carboxylic acids is 2. The van der Waals surface area contributed by atoms with Crippen LogP contribution in [0.2, 0.25) is 5.79 Å². The fourth-order valence-electron chi connectivity index (χ4n) is 0. The second-order valence-electron chi connectivity index (χ2n) is 0.575. The van der Waals surface area contributed by atoms with Crippen LogP contribution in [0.5, 0.6) is 0 Å². The Balaban J connectivity index is 0. The first kappa shape index (κ1) is 10.5. The van der Waals surface area contributed by atoms with Crippen molar-refractivity contribution in [3.8, 4) is 0 Å². The van der Waals surface area contributed by atoms with E-state index in [0.717, 1.165) is 0 Å². The molecule has 0 aliphatic rings. The zero-order chi connectivity index (χ0) is 7.15. The monoisotopic (exact) mass is 130 g/mol. The van der Waals surface area contributed by atoms with Gasteiger partial charge >= 0.3 is 22.1 Å². The van der Waals surface area contributed by atoms with Crippen molar-refractivity contribution in [2.75, 3.05) is 0 Å². The number of rotatable bonds is 0. The van der Waals surface area contributed by atoms with Crippen molar-refractivity contribution in [1.29, 1.82) is 0 Å². The van der Waals surface area contributed by atoms with Gasteiger partial charge in [0.1, 0.15) is 0 Å². The molecule has 0 aromatic carbocycles. The molecule has 0 fully saturated rings. The third-order valence-electron chi connectivity index (χ3n) is 0.167. The molecule has 0 aliphatic heterocycles. The summed E-state index contributed by atoms with van der Waals surface area (Å²) in [6.45, 7) is 0. The number of hydrogen-bond donors (Lipinski definition) is 0. The molecule has 5 heteroatoms. The predicted octanol–water partition coefficient (Wildman–Crippen LogP) is -3.31. The van der Waals surface area contributed by atoms with Crippen LogP contribution in [-0.2, 0) is 9.59 Å². The fourth-order valence-corrected chi connectivity index (χ4v) is 0. The van der Waals surface area contributed by atoms with Gasteiger partial charge in [0.25, 0.3) is 0 Å². The second-order valence-corrected chi connectivity index (χ2v) is 0.575. The zero-order valence-electron chi connectivity index (χ0n) is 4.21. The Morgan fingerprint density at radius 2 is 1.25 bits per heavy atom. The molecule has 0 aromatic rings. The second kappa shape index (κ2) is 6.47. The van der Waals surface area contributed by atoms with E-state index >= 15 is 0 Å². The normalized spacial score (nSPS) is 6.38. The Kier molecular flexibility index (Phi) is 8.46. The standard InChI is InChI=1S/C2H2O4.CH3.Al/c3-1(4)2(5)6;;/h(H,3,4)(H,5,6);1H3;/q;;+2/p-2. The first-order chi connectivity index (χ1) is 3.64. The van der Waals surface area contributed by atoms with E-state index in [1.165, 1.54) is 0 Å². The molecule has 42 valence electrons. The van der Waals surface area contributed by atoms with Gasteiger partial charge in [-0.2, -0.15) is 0 Å². The van der Waals surface area contributed by atoms with Crippen molar-refractivity contribution < 1.29 is 19.8 Å². The first-order valence-corrected chi connectivity index (χ1v) is 2.80. The van der Waals surface area contributed by atoms with Crippen LogP contribution in [0, 0.1) is 0 Å². The average Bonchev–Trinajstić information content (AvgIpc) is 1.72. The van der Waals surface area contributed by atoms with Crippen LogP contribution >= 0.6 is 0 Å². The van der Waals surface area contributed by atoms with Crippen molar-refractivity contribution in [1.82, 2.24) is 0 Å². The van der Waals surface area contributed by atoms with E-state index in [1.807, 2.05) is 5.79 Å². The molecule has 0 spiro atoms. The molecule has 0 aliphatic carbocycles. The van der Waals surface area contributed by atoms with Crippen molar-refractivity contribution in [3.05, 3.63) is 0 Å². The molecule has 8 heavy (non-hydrogen) atoms. The van der Waals surface area contributed by atoms with Crippen LogP contribution in [0.3, 0.4) is 0 Å². The van der Waals surface area contributed by atoms with Gasteiger partial charge in [0, 0.05) is 0 Å². The molecule has 0 bridgehead atoms. The molecule has 0 amide bonds. The van der Waals surface area contributed by atoms with Gasteiger partial charge in [-0.3, -0.25) is 0 Å². The quantitative estimate of drug-likeness (QED) is 0.254. The molecule has 0 unspecified atom stereocenters. The summed E-state index contributed by atoms with van der Waals surface area (Å²) in [7, 11) is 0. The Morgan fingerprint density at radius 3 is 1.25 bits per heavy atom. The van der Waals surface area contributed by atoms with Crippen LogP contribution in [0.4, 0.5) is 0 Å². The van der Waals surface area contributed by atoms with E-state index in [0.29, 0.717) is 0 Å². The summed E-state index contributed by atoms with van der Waals surface area (Å²) < 4.78 is 0. The third kappa shape index (κ3) is 9.08. The molecule has 0 atom stereocenters. The van der Waals surface area contributed by atoms with Crippen LogP contribution in [0.15, 0.2) is 0 Å². The van der Waals surface area contributed by atoms with Gasteiger partial charge in [0.15, 0.2) is 0 Å². The Bertz CT molecular complexity index is 77.3. The van der Waals surface area contributed by atoms with Gasteiger partial charge < -0.3 is 19.8 Å². The molecule has 0 saturated carbocycles. The molecule has 0 radical (unpaired) electrons. The molecule has 0 aromatic heterocycles. The molecule has 0 saturated heterocycles. The summed E-state index contributed by atoms with van der Waals surface area (Å²) in [6, 6.07) is 0. The van der Waals surface area contributed by atoms with Gasteiger partial charge in [-0.05, 0) is 0 Å². The van der Waals surface area contributed by atoms with Crippen molar-refractivity contribution in [3.63, 3.8) is 0 Å². The van der Waals surface area contributed by atoms with E-state index in [9.17, 15) is 0 Å². The van der Waals surface area contributed by atoms with E-state index in [1.54, 1.807) is 0 Å². The van der Waals surface area contributed by atoms with E-state index in [-0.39, 0.29) is 0 Å². The van der Waals surface area contributed by atoms with Gasteiger partial charge in [-0.25, -0.2) is 0 Å². The topological polar surface area (TPSA) is 80.3 Å². The summed E-state index contributed by atoms with van der Waals surface area (Å²) in [5.74, 6) is -2.45. The summed E-state index contributed by atoms with van der Waals surface area (Å²) in [6.07, 6.45) is 0. The van der Waals surface area contributed by atoms with Gasteiger partial charge in [0.05, 0.1) is 11.9 Å². The van der Waals surface area contributed by atoms with Gasteiger partial charge in [-0.15, -0.1) is 0 Å². The summed E-state index contributed by atoms with van der Waals surface area (Å²) in [5, 5.41) is 17.9. The molecule has 0 heterocycles. The van der Waals surface area contributed by atoms with Gasteiger partial charge in [-0.1, -0.05) is 0 Å². The number of carbonyl (C=O) groups excluding carboxylic acids is 2. The van der Waals surface area contributed by atoms with E-state index < -0.39 is 11.9 Å². The molecular weight excluding hydrogens is 127 g/mol. The number of carboxylic acid groups (broad SMARTS) is 2. The number of carbonyl (C=O) groups is 2. The van der Waals surface area contributed by atoms with Crippen LogP contribution in [0.1, 0.15) is 0 Å². The van der Waals surface area contributed by atoms with E-state index in [4.69, 9.17) is 19.8 Å². The number of aliphatic carboxylic acids is 2. The Labute approximate surface area is 54.5 Å². The summed E-state index contributed by atoms with van der Waals surface area (Å²) in [4.78, 5) is 17.9. The SMILES string of the molecule is O=C([O-])C(=O)[O-].[CH3][Al+2]. The average molecular weight is 130 g/mol. The maximum atomic E-state index is 8.93. The van der Waals surface area contributed by atoms with Crippen LogP contribution in [0.25, 0.3) is 0 Å². The Hall–Kier alpha value is -0.528. The van der Waals surface area contributed by atoms with Crippen LogP contribution in [-0.4, -0.2) is 28.2 Å².